The Labute approximate surface area is 278 Å². The van der Waals surface area contributed by atoms with Crippen LogP contribution in [0.1, 0.15) is 39.5 Å². The fourth-order valence-corrected chi connectivity index (χ4v) is 4.69. The first-order valence-electron chi connectivity index (χ1n) is 13.8. The summed E-state index contributed by atoms with van der Waals surface area (Å²) in [6, 6.07) is 22.6. The minimum absolute atomic E-state index is 0. The number of unbranched alkanes of at least 4 members (excludes halogenated alkanes) is 2. The molecule has 0 atom stereocenters. The Morgan fingerprint density at radius 1 is 0.548 bits per heavy atom. The molecule has 1 radical (unpaired) electrons. The van der Waals surface area contributed by atoms with Gasteiger partial charge in [-0.05, 0) is 49.2 Å². The van der Waals surface area contributed by atoms with Crippen molar-refractivity contribution in [2.45, 2.75) is 52.6 Å². The molecule has 5 rings (SSSR count). The average Bonchev–Trinajstić information content (AvgIpc) is 3.52. The molecule has 5 aromatic rings. The summed E-state index contributed by atoms with van der Waals surface area (Å²) >= 11 is 0. The molecule has 0 aliphatic rings. The van der Waals surface area contributed by atoms with Crippen molar-refractivity contribution in [2.24, 2.45) is 0 Å². The molecule has 0 unspecified atom stereocenters. The monoisotopic (exact) mass is 667 g/mol. The molecule has 2 aromatic carbocycles. The number of para-hydroxylation sites is 4. The zero-order chi connectivity index (χ0) is 26.2. The third kappa shape index (κ3) is 8.96. The van der Waals surface area contributed by atoms with Crippen molar-refractivity contribution >= 4 is 22.1 Å². The van der Waals surface area contributed by atoms with Gasteiger partial charge in [0, 0.05) is 44.9 Å². The molecule has 7 nitrogen and oxygen atoms in total. The standard InChI is InChI=1S/C31H37N5O2.3ClH.V/c1-3-5-20-37-22-18-35-28-16-9-7-12-24(28)33-30(35)26-14-11-15-27(32-26)31-34-25-13-8-10-17-29(25)36(31)19-23-38-21-6-4-2;;;;/h7-17H,3-6,18-23H2,1-2H3;3*1H;/p-3. The van der Waals surface area contributed by atoms with Crippen molar-refractivity contribution in [3.8, 4) is 23.0 Å². The van der Waals surface area contributed by atoms with Gasteiger partial charge in [-0.15, -0.1) is 0 Å². The van der Waals surface area contributed by atoms with Gasteiger partial charge in [0.25, 0.3) is 0 Å². The summed E-state index contributed by atoms with van der Waals surface area (Å²) in [4.78, 5) is 15.0. The number of nitrogens with zero attached hydrogens (tertiary/aromatic N) is 5. The molecule has 0 saturated carbocycles. The van der Waals surface area contributed by atoms with E-state index < -0.39 is 0 Å². The van der Waals surface area contributed by atoms with Crippen molar-refractivity contribution in [3.63, 3.8) is 0 Å². The summed E-state index contributed by atoms with van der Waals surface area (Å²) < 4.78 is 16.2. The molecule has 3 heterocycles. The van der Waals surface area contributed by atoms with Crippen LogP contribution in [0, 0.1) is 0 Å². The third-order valence-electron chi connectivity index (χ3n) is 6.72. The van der Waals surface area contributed by atoms with Gasteiger partial charge >= 0.3 is 0 Å². The third-order valence-corrected chi connectivity index (χ3v) is 6.72. The summed E-state index contributed by atoms with van der Waals surface area (Å²) in [5, 5.41) is 0. The molecule has 227 valence electrons. The van der Waals surface area contributed by atoms with Crippen LogP contribution in [-0.2, 0) is 41.1 Å². The minimum Gasteiger partial charge on any atom is -1.00 e. The Bertz CT molecular complexity index is 1390. The normalized spacial score (nSPS) is 10.5. The van der Waals surface area contributed by atoms with Crippen LogP contribution in [0.3, 0.4) is 0 Å². The number of ether oxygens (including phenoxy) is 2. The second kappa shape index (κ2) is 19.2. The molecule has 0 N–H and O–H groups in total. The molecule has 0 amide bonds. The van der Waals surface area contributed by atoms with E-state index in [1.807, 2.05) is 30.3 Å². The van der Waals surface area contributed by atoms with Crippen LogP contribution in [-0.4, -0.2) is 50.5 Å². The van der Waals surface area contributed by atoms with Gasteiger partial charge in [-0.3, -0.25) is 0 Å². The summed E-state index contributed by atoms with van der Waals surface area (Å²) in [6.07, 6.45) is 4.41. The number of imidazole rings is 2. The predicted molar refractivity (Wildman–Crippen MR) is 153 cm³/mol. The van der Waals surface area contributed by atoms with E-state index in [0.717, 1.165) is 97.1 Å². The first-order valence-corrected chi connectivity index (χ1v) is 13.8. The van der Waals surface area contributed by atoms with Crippen LogP contribution >= 0.6 is 0 Å². The predicted octanol–water partition coefficient (Wildman–Crippen LogP) is -2.24. The molecule has 11 heteroatoms. The minimum atomic E-state index is 0. The van der Waals surface area contributed by atoms with Gasteiger partial charge < -0.3 is 55.8 Å². The first kappa shape index (κ1) is 37.9. The SMILES string of the molecule is CCCCOCCn1c(-c2cccc(-c3nc4ccccc4n3CCOCCCC)n2)nc2ccccc21.[Cl-].[Cl-].[Cl-].[V]. The zero-order valence-electron chi connectivity index (χ0n) is 24.1. The Morgan fingerprint density at radius 3 is 1.40 bits per heavy atom. The van der Waals surface area contributed by atoms with Crippen molar-refractivity contribution in [1.29, 1.82) is 0 Å². The number of halogens is 3. The van der Waals surface area contributed by atoms with Crippen LogP contribution in [0.15, 0.2) is 66.7 Å². The maximum Gasteiger partial charge on any atom is 0.159 e. The van der Waals surface area contributed by atoms with Crippen LogP contribution in [0.25, 0.3) is 45.1 Å². The molecule has 0 aliphatic heterocycles. The van der Waals surface area contributed by atoms with Crippen molar-refractivity contribution in [3.05, 3.63) is 66.7 Å². The average molecular weight is 669 g/mol. The van der Waals surface area contributed by atoms with E-state index in [0.29, 0.717) is 13.2 Å². The van der Waals surface area contributed by atoms with Gasteiger partial charge in [0.15, 0.2) is 11.6 Å². The van der Waals surface area contributed by atoms with Crippen molar-refractivity contribution in [2.75, 3.05) is 26.4 Å². The number of rotatable bonds is 14. The largest absolute Gasteiger partial charge is 1.00 e. The molecule has 42 heavy (non-hydrogen) atoms. The smallest absolute Gasteiger partial charge is 0.159 e. The van der Waals surface area contributed by atoms with Gasteiger partial charge in [0.1, 0.15) is 11.4 Å². The molecule has 0 bridgehead atoms. The zero-order valence-corrected chi connectivity index (χ0v) is 27.7. The Morgan fingerprint density at radius 2 is 0.976 bits per heavy atom. The molecular weight excluding hydrogens is 632 g/mol. The number of pyridine rings is 1. The van der Waals surface area contributed by atoms with Gasteiger partial charge in [-0.2, -0.15) is 0 Å². The van der Waals surface area contributed by atoms with Crippen molar-refractivity contribution < 1.29 is 65.3 Å². The molecule has 0 fully saturated rings. The number of hydrogen-bond acceptors (Lipinski definition) is 5. The molecule has 0 spiro atoms. The van der Waals surface area contributed by atoms with E-state index in [4.69, 9.17) is 24.4 Å². The summed E-state index contributed by atoms with van der Waals surface area (Å²) in [5.41, 5.74) is 5.74. The van der Waals surface area contributed by atoms with E-state index in [2.05, 4.69) is 59.4 Å². The Balaban J connectivity index is 0.00000220. The topological polar surface area (TPSA) is 67.0 Å². The molecular formula is C31H37Cl3N5O2V-3. The van der Waals surface area contributed by atoms with Crippen LogP contribution in [0.4, 0.5) is 0 Å². The van der Waals surface area contributed by atoms with Gasteiger partial charge in [0.05, 0.1) is 35.3 Å². The summed E-state index contributed by atoms with van der Waals surface area (Å²) in [6.45, 7) is 8.64. The quantitative estimate of drug-likeness (QED) is 0.125. The molecule has 0 aliphatic carbocycles. The van der Waals surface area contributed by atoms with Gasteiger partial charge in [-0.1, -0.05) is 57.0 Å². The van der Waals surface area contributed by atoms with E-state index in [9.17, 15) is 0 Å². The van der Waals surface area contributed by atoms with E-state index in [1.54, 1.807) is 0 Å². The van der Waals surface area contributed by atoms with Crippen LogP contribution in [0.5, 0.6) is 0 Å². The van der Waals surface area contributed by atoms with E-state index in [1.165, 1.54) is 0 Å². The summed E-state index contributed by atoms with van der Waals surface area (Å²) in [5.74, 6) is 1.69. The Kier molecular flexibility index (Phi) is 17.4. The Hall–Kier alpha value is -2.10. The van der Waals surface area contributed by atoms with E-state index >= 15 is 0 Å². The second-order valence-electron chi connectivity index (χ2n) is 9.49. The fourth-order valence-electron chi connectivity index (χ4n) is 4.69. The van der Waals surface area contributed by atoms with Gasteiger partial charge in [0.2, 0.25) is 0 Å². The summed E-state index contributed by atoms with van der Waals surface area (Å²) in [7, 11) is 0. The van der Waals surface area contributed by atoms with Crippen molar-refractivity contribution in [1.82, 2.24) is 24.1 Å². The number of benzene rings is 2. The second-order valence-corrected chi connectivity index (χ2v) is 9.49. The maximum atomic E-state index is 5.90. The number of aromatic nitrogens is 5. The number of fused-ring (bicyclic) bond motifs is 2. The van der Waals surface area contributed by atoms with Gasteiger partial charge in [-0.25, -0.2) is 15.0 Å². The molecule has 3 aromatic heterocycles. The van der Waals surface area contributed by atoms with E-state index in [-0.39, 0.29) is 55.8 Å². The maximum absolute atomic E-state index is 5.90. The number of hydrogen-bond donors (Lipinski definition) is 0. The first-order chi connectivity index (χ1) is 18.8. The van der Waals surface area contributed by atoms with Crippen LogP contribution in [0.2, 0.25) is 0 Å². The van der Waals surface area contributed by atoms with Crippen LogP contribution < -0.4 is 37.2 Å². The molecule has 0 saturated heterocycles. The fraction of sp³-hybridized carbons (Fsp3) is 0.387.